The van der Waals surface area contributed by atoms with Crippen molar-refractivity contribution in [3.05, 3.63) is 28.3 Å². The van der Waals surface area contributed by atoms with Gasteiger partial charge in [-0.3, -0.25) is 10.1 Å². The zero-order valence-electron chi connectivity index (χ0n) is 11.2. The third-order valence-corrected chi connectivity index (χ3v) is 3.61. The van der Waals surface area contributed by atoms with Gasteiger partial charge in [-0.05, 0) is 18.9 Å². The number of anilines is 1. The van der Waals surface area contributed by atoms with E-state index in [1.165, 1.54) is 31.7 Å². The second kappa shape index (κ2) is 6.41. The second-order valence-corrected chi connectivity index (χ2v) is 4.97. The van der Waals surface area contributed by atoms with Gasteiger partial charge in [-0.15, -0.1) is 0 Å². The summed E-state index contributed by atoms with van der Waals surface area (Å²) in [5.41, 5.74) is 0.820. The molecule has 1 aromatic rings. The summed E-state index contributed by atoms with van der Waals surface area (Å²) in [5, 5.41) is 14.2. The Morgan fingerprint density at radius 3 is 2.53 bits per heavy atom. The predicted octanol–water partition coefficient (Wildman–Crippen LogP) is 3.74. The molecule has 0 heterocycles. The van der Waals surface area contributed by atoms with Gasteiger partial charge in [0.1, 0.15) is 5.75 Å². The lowest BCUT2D eigenvalue weighted by Crippen LogP contribution is -2.18. The maximum Gasteiger partial charge on any atom is 0.271 e. The van der Waals surface area contributed by atoms with E-state index in [-0.39, 0.29) is 10.6 Å². The minimum atomic E-state index is -0.377. The Kier molecular flexibility index (Phi) is 4.60. The van der Waals surface area contributed by atoms with Crippen molar-refractivity contribution in [1.82, 2.24) is 0 Å². The standard InChI is InChI=1S/C14H20N2O3/c1-19-14-9-8-12(16(17)18)10-13(14)15-11-6-4-2-3-5-7-11/h8-11,15H,2-7H2,1H3. The first-order valence-electron chi connectivity index (χ1n) is 6.79. The third-order valence-electron chi connectivity index (χ3n) is 3.61. The van der Waals surface area contributed by atoms with E-state index in [9.17, 15) is 10.1 Å². The SMILES string of the molecule is COc1ccc([N+](=O)[O-])cc1NC1CCCCCC1. The minimum absolute atomic E-state index is 0.0944. The van der Waals surface area contributed by atoms with E-state index in [0.29, 0.717) is 11.8 Å². The van der Waals surface area contributed by atoms with Crippen molar-refractivity contribution in [2.75, 3.05) is 12.4 Å². The molecule has 0 aliphatic heterocycles. The molecule has 1 aliphatic rings. The van der Waals surface area contributed by atoms with Crippen LogP contribution in [0, 0.1) is 10.1 Å². The van der Waals surface area contributed by atoms with Gasteiger partial charge in [0.05, 0.1) is 17.7 Å². The van der Waals surface area contributed by atoms with Crippen LogP contribution in [0.15, 0.2) is 18.2 Å². The molecule has 1 aromatic carbocycles. The van der Waals surface area contributed by atoms with Crippen molar-refractivity contribution in [2.45, 2.75) is 44.6 Å². The Morgan fingerprint density at radius 1 is 1.26 bits per heavy atom. The molecule has 2 rings (SSSR count). The smallest absolute Gasteiger partial charge is 0.271 e. The zero-order valence-corrected chi connectivity index (χ0v) is 11.2. The van der Waals surface area contributed by atoms with Gasteiger partial charge < -0.3 is 10.1 Å². The fourth-order valence-electron chi connectivity index (χ4n) is 2.57. The molecule has 104 valence electrons. The van der Waals surface area contributed by atoms with E-state index in [1.807, 2.05) is 0 Å². The van der Waals surface area contributed by atoms with Gasteiger partial charge in [0.15, 0.2) is 0 Å². The highest BCUT2D eigenvalue weighted by Crippen LogP contribution is 2.31. The van der Waals surface area contributed by atoms with Crippen LogP contribution < -0.4 is 10.1 Å². The summed E-state index contributed by atoms with van der Waals surface area (Å²) in [5.74, 6) is 0.662. The van der Waals surface area contributed by atoms with Gasteiger partial charge in [-0.25, -0.2) is 0 Å². The number of hydrogen-bond donors (Lipinski definition) is 1. The number of nitrogens with zero attached hydrogens (tertiary/aromatic N) is 1. The van der Waals surface area contributed by atoms with Gasteiger partial charge in [0.25, 0.3) is 5.69 Å². The highest BCUT2D eigenvalue weighted by molar-refractivity contribution is 5.62. The van der Waals surface area contributed by atoms with Crippen LogP contribution >= 0.6 is 0 Å². The Balaban J connectivity index is 2.16. The van der Waals surface area contributed by atoms with E-state index in [1.54, 1.807) is 19.2 Å². The maximum atomic E-state index is 10.8. The fourth-order valence-corrected chi connectivity index (χ4v) is 2.57. The van der Waals surface area contributed by atoms with Crippen molar-refractivity contribution in [2.24, 2.45) is 0 Å². The first-order chi connectivity index (χ1) is 9.20. The number of hydrogen-bond acceptors (Lipinski definition) is 4. The van der Waals surface area contributed by atoms with Crippen molar-refractivity contribution in [1.29, 1.82) is 0 Å². The number of non-ortho nitro benzene ring substituents is 1. The van der Waals surface area contributed by atoms with Crippen LogP contribution in [0.2, 0.25) is 0 Å². The molecule has 0 amide bonds. The summed E-state index contributed by atoms with van der Waals surface area (Å²) in [7, 11) is 1.58. The third kappa shape index (κ3) is 3.59. The van der Waals surface area contributed by atoms with Crippen molar-refractivity contribution >= 4 is 11.4 Å². The number of nitro benzene ring substituents is 1. The van der Waals surface area contributed by atoms with Gasteiger partial charge in [-0.1, -0.05) is 25.7 Å². The number of methoxy groups -OCH3 is 1. The molecule has 5 heteroatoms. The first kappa shape index (κ1) is 13.6. The molecule has 1 N–H and O–H groups in total. The van der Waals surface area contributed by atoms with Crippen molar-refractivity contribution in [3.8, 4) is 5.75 Å². The second-order valence-electron chi connectivity index (χ2n) is 4.97. The molecular weight excluding hydrogens is 244 g/mol. The molecule has 1 saturated carbocycles. The highest BCUT2D eigenvalue weighted by atomic mass is 16.6. The lowest BCUT2D eigenvalue weighted by molar-refractivity contribution is -0.384. The summed E-state index contributed by atoms with van der Waals surface area (Å²) in [6.45, 7) is 0. The van der Waals surface area contributed by atoms with Crippen LogP contribution in [0.4, 0.5) is 11.4 Å². The lowest BCUT2D eigenvalue weighted by atomic mass is 10.1. The van der Waals surface area contributed by atoms with Crippen LogP contribution in [-0.2, 0) is 0 Å². The lowest BCUT2D eigenvalue weighted by Gasteiger charge is -2.19. The molecule has 1 aliphatic carbocycles. The molecule has 0 saturated heterocycles. The van der Waals surface area contributed by atoms with Crippen LogP contribution in [0.1, 0.15) is 38.5 Å². The van der Waals surface area contributed by atoms with Gasteiger partial charge >= 0.3 is 0 Å². The summed E-state index contributed by atoms with van der Waals surface area (Å²) >= 11 is 0. The summed E-state index contributed by atoms with van der Waals surface area (Å²) in [6.07, 6.45) is 7.23. The van der Waals surface area contributed by atoms with Crippen LogP contribution in [-0.4, -0.2) is 18.1 Å². The Hall–Kier alpha value is -1.78. The Labute approximate surface area is 113 Å². The van der Waals surface area contributed by atoms with E-state index in [0.717, 1.165) is 18.5 Å². The summed E-state index contributed by atoms with van der Waals surface area (Å²) in [4.78, 5) is 10.5. The number of benzene rings is 1. The Bertz CT molecular complexity index is 440. The van der Waals surface area contributed by atoms with Crippen molar-refractivity contribution in [3.63, 3.8) is 0 Å². The highest BCUT2D eigenvalue weighted by Gasteiger charge is 2.16. The molecule has 0 radical (unpaired) electrons. The molecule has 0 spiro atoms. The van der Waals surface area contributed by atoms with E-state index >= 15 is 0 Å². The summed E-state index contributed by atoms with van der Waals surface area (Å²) < 4.78 is 5.27. The summed E-state index contributed by atoms with van der Waals surface area (Å²) in [6, 6.07) is 5.07. The number of rotatable bonds is 4. The maximum absolute atomic E-state index is 10.8. The van der Waals surface area contributed by atoms with E-state index in [2.05, 4.69) is 5.32 Å². The molecule has 0 unspecified atom stereocenters. The molecule has 5 nitrogen and oxygen atoms in total. The minimum Gasteiger partial charge on any atom is -0.495 e. The van der Waals surface area contributed by atoms with E-state index in [4.69, 9.17) is 4.74 Å². The quantitative estimate of drug-likeness (QED) is 0.511. The fraction of sp³-hybridized carbons (Fsp3) is 0.571. The van der Waals surface area contributed by atoms with Crippen LogP contribution in [0.5, 0.6) is 5.75 Å². The topological polar surface area (TPSA) is 64.4 Å². The molecule has 0 bridgehead atoms. The average molecular weight is 264 g/mol. The van der Waals surface area contributed by atoms with Crippen LogP contribution in [0.3, 0.4) is 0 Å². The van der Waals surface area contributed by atoms with Gasteiger partial charge in [0.2, 0.25) is 0 Å². The normalized spacial score (nSPS) is 16.7. The Morgan fingerprint density at radius 2 is 1.95 bits per heavy atom. The van der Waals surface area contributed by atoms with Gasteiger partial charge in [-0.2, -0.15) is 0 Å². The number of nitrogens with one attached hydrogen (secondary N) is 1. The van der Waals surface area contributed by atoms with Gasteiger partial charge in [0, 0.05) is 18.2 Å². The molecule has 19 heavy (non-hydrogen) atoms. The molecular formula is C14H20N2O3. The van der Waals surface area contributed by atoms with E-state index < -0.39 is 0 Å². The zero-order chi connectivity index (χ0) is 13.7. The average Bonchev–Trinajstić information content (AvgIpc) is 2.67. The number of ether oxygens (including phenoxy) is 1. The molecule has 0 aromatic heterocycles. The molecule has 0 atom stereocenters. The number of nitro groups is 1. The first-order valence-corrected chi connectivity index (χ1v) is 6.79. The van der Waals surface area contributed by atoms with Crippen LogP contribution in [0.25, 0.3) is 0 Å². The molecule has 1 fully saturated rings. The predicted molar refractivity (Wildman–Crippen MR) is 74.8 cm³/mol. The van der Waals surface area contributed by atoms with Crippen molar-refractivity contribution < 1.29 is 9.66 Å². The monoisotopic (exact) mass is 264 g/mol. The largest absolute Gasteiger partial charge is 0.495 e.